The maximum absolute atomic E-state index is 11.6. The molecule has 1 N–H and O–H groups in total. The Hall–Kier alpha value is -0.940. The number of amides is 1. The van der Waals surface area contributed by atoms with Crippen LogP contribution in [-0.2, 0) is 11.3 Å². The topological polar surface area (TPSA) is 45.2 Å². The van der Waals surface area contributed by atoms with E-state index in [9.17, 15) is 4.79 Å². The molecule has 2 heterocycles. The van der Waals surface area contributed by atoms with E-state index in [0.29, 0.717) is 13.1 Å². The number of hydrogen-bond acceptors (Lipinski definition) is 4. The molecule has 4 nitrogen and oxygen atoms in total. The molecular formula is C9H13N3OS. The first-order valence-corrected chi connectivity index (χ1v) is 5.61. The highest BCUT2D eigenvalue weighted by Crippen LogP contribution is 2.09. The van der Waals surface area contributed by atoms with Gasteiger partial charge >= 0.3 is 0 Å². The summed E-state index contributed by atoms with van der Waals surface area (Å²) in [6.45, 7) is 2.90. The number of hydrogen-bond donors (Lipinski definition) is 1. The van der Waals surface area contributed by atoms with Gasteiger partial charge < -0.3 is 10.2 Å². The molecule has 0 atom stereocenters. The zero-order chi connectivity index (χ0) is 9.80. The first kappa shape index (κ1) is 9.61. The Labute approximate surface area is 86.9 Å². The van der Waals surface area contributed by atoms with E-state index in [1.807, 2.05) is 10.3 Å². The lowest BCUT2D eigenvalue weighted by atomic mass is 10.4. The summed E-state index contributed by atoms with van der Waals surface area (Å²) in [5.41, 5.74) is 0. The number of carbonyl (C=O) groups is 1. The fraction of sp³-hybridized carbons (Fsp3) is 0.556. The molecule has 0 aromatic carbocycles. The molecule has 0 bridgehead atoms. The van der Waals surface area contributed by atoms with Gasteiger partial charge in [-0.3, -0.25) is 4.79 Å². The van der Waals surface area contributed by atoms with Crippen LogP contribution in [0.25, 0.3) is 0 Å². The standard InChI is InChI=1S/C9H13N3OS/c13-9-6-10-2-1-4-12(9)7-8-11-3-5-14-8/h3,5,10H,1-2,4,6-7H2. The fourth-order valence-corrected chi connectivity index (χ4v) is 2.12. The number of nitrogens with one attached hydrogen (secondary N) is 1. The van der Waals surface area contributed by atoms with Crippen LogP contribution in [0.15, 0.2) is 11.6 Å². The minimum atomic E-state index is 0.178. The first-order valence-electron chi connectivity index (χ1n) is 4.73. The molecule has 1 fully saturated rings. The minimum Gasteiger partial charge on any atom is -0.335 e. The molecule has 0 radical (unpaired) electrons. The summed E-state index contributed by atoms with van der Waals surface area (Å²) >= 11 is 1.60. The van der Waals surface area contributed by atoms with Crippen LogP contribution in [0.1, 0.15) is 11.4 Å². The Balaban J connectivity index is 1.98. The number of thiazole rings is 1. The van der Waals surface area contributed by atoms with Gasteiger partial charge in [0.2, 0.25) is 5.91 Å². The van der Waals surface area contributed by atoms with E-state index in [1.165, 1.54) is 0 Å². The first-order chi connectivity index (χ1) is 6.86. The van der Waals surface area contributed by atoms with Crippen molar-refractivity contribution in [2.24, 2.45) is 0 Å². The van der Waals surface area contributed by atoms with Gasteiger partial charge in [-0.05, 0) is 13.0 Å². The Morgan fingerprint density at radius 3 is 3.36 bits per heavy atom. The van der Waals surface area contributed by atoms with E-state index >= 15 is 0 Å². The number of aromatic nitrogens is 1. The lowest BCUT2D eigenvalue weighted by Gasteiger charge is -2.18. The van der Waals surface area contributed by atoms with Gasteiger partial charge in [0.1, 0.15) is 5.01 Å². The van der Waals surface area contributed by atoms with Crippen LogP contribution < -0.4 is 5.32 Å². The normalized spacial score (nSPS) is 18.3. The third-order valence-corrected chi connectivity index (χ3v) is 2.98. The Kier molecular flexibility index (Phi) is 3.10. The SMILES string of the molecule is O=C1CNCCCN1Cc1nccs1. The van der Waals surface area contributed by atoms with Gasteiger partial charge in [0.25, 0.3) is 0 Å². The predicted molar refractivity (Wildman–Crippen MR) is 55.0 cm³/mol. The molecule has 1 amide bonds. The number of nitrogens with zero attached hydrogens (tertiary/aromatic N) is 2. The van der Waals surface area contributed by atoms with Crippen LogP contribution >= 0.6 is 11.3 Å². The van der Waals surface area contributed by atoms with Gasteiger partial charge in [-0.25, -0.2) is 4.98 Å². The maximum atomic E-state index is 11.6. The van der Waals surface area contributed by atoms with Crippen molar-refractivity contribution in [3.05, 3.63) is 16.6 Å². The van der Waals surface area contributed by atoms with E-state index in [-0.39, 0.29) is 5.91 Å². The molecule has 1 aromatic rings. The third kappa shape index (κ3) is 2.30. The van der Waals surface area contributed by atoms with E-state index in [1.54, 1.807) is 17.5 Å². The van der Waals surface area contributed by atoms with E-state index in [4.69, 9.17) is 0 Å². The van der Waals surface area contributed by atoms with Crippen molar-refractivity contribution >= 4 is 17.2 Å². The predicted octanol–water partition coefficient (Wildman–Crippen LogP) is 0.465. The van der Waals surface area contributed by atoms with Crippen LogP contribution in [0, 0.1) is 0 Å². The molecule has 1 aliphatic rings. The second-order valence-electron chi connectivity index (χ2n) is 3.27. The fourth-order valence-electron chi connectivity index (χ4n) is 1.49. The van der Waals surface area contributed by atoms with Crippen LogP contribution in [-0.4, -0.2) is 35.4 Å². The number of rotatable bonds is 2. The molecule has 0 aliphatic carbocycles. The molecular weight excluding hydrogens is 198 g/mol. The maximum Gasteiger partial charge on any atom is 0.236 e. The third-order valence-electron chi connectivity index (χ3n) is 2.22. The molecule has 76 valence electrons. The largest absolute Gasteiger partial charge is 0.335 e. The number of carbonyl (C=O) groups excluding carboxylic acids is 1. The molecule has 1 saturated heterocycles. The van der Waals surface area contributed by atoms with Gasteiger partial charge in [-0.2, -0.15) is 0 Å². The second-order valence-corrected chi connectivity index (χ2v) is 4.25. The summed E-state index contributed by atoms with van der Waals surface area (Å²) in [5.74, 6) is 0.178. The van der Waals surface area contributed by atoms with Crippen LogP contribution in [0.3, 0.4) is 0 Å². The summed E-state index contributed by atoms with van der Waals surface area (Å²) in [7, 11) is 0. The molecule has 5 heteroatoms. The van der Waals surface area contributed by atoms with Crippen molar-refractivity contribution in [3.63, 3.8) is 0 Å². The lowest BCUT2D eigenvalue weighted by Crippen LogP contribution is -2.34. The molecule has 14 heavy (non-hydrogen) atoms. The van der Waals surface area contributed by atoms with Gasteiger partial charge in [0.15, 0.2) is 0 Å². The average Bonchev–Trinajstić information content (AvgIpc) is 2.60. The molecule has 0 unspecified atom stereocenters. The van der Waals surface area contributed by atoms with Crippen molar-refractivity contribution in [1.82, 2.24) is 15.2 Å². The highest BCUT2D eigenvalue weighted by molar-refractivity contribution is 7.09. The monoisotopic (exact) mass is 211 g/mol. The summed E-state index contributed by atoms with van der Waals surface area (Å²) in [6.07, 6.45) is 2.80. The summed E-state index contributed by atoms with van der Waals surface area (Å²) in [4.78, 5) is 17.6. The highest BCUT2D eigenvalue weighted by Gasteiger charge is 2.16. The zero-order valence-electron chi connectivity index (χ0n) is 7.90. The van der Waals surface area contributed by atoms with E-state index in [0.717, 1.165) is 24.5 Å². The highest BCUT2D eigenvalue weighted by atomic mass is 32.1. The molecule has 0 saturated carbocycles. The van der Waals surface area contributed by atoms with E-state index < -0.39 is 0 Å². The van der Waals surface area contributed by atoms with Crippen LogP contribution in [0.4, 0.5) is 0 Å². The van der Waals surface area contributed by atoms with Crippen molar-refractivity contribution < 1.29 is 4.79 Å². The van der Waals surface area contributed by atoms with Crippen molar-refractivity contribution in [2.45, 2.75) is 13.0 Å². The quantitative estimate of drug-likeness (QED) is 0.773. The minimum absolute atomic E-state index is 0.178. The van der Waals surface area contributed by atoms with Crippen molar-refractivity contribution in [3.8, 4) is 0 Å². The summed E-state index contributed by atoms with van der Waals surface area (Å²) in [5, 5.41) is 6.05. The lowest BCUT2D eigenvalue weighted by molar-refractivity contribution is -0.130. The van der Waals surface area contributed by atoms with Gasteiger partial charge in [0.05, 0.1) is 13.1 Å². The Morgan fingerprint density at radius 2 is 2.57 bits per heavy atom. The second kappa shape index (κ2) is 4.52. The van der Waals surface area contributed by atoms with Gasteiger partial charge in [0, 0.05) is 18.1 Å². The molecule has 1 aromatic heterocycles. The van der Waals surface area contributed by atoms with Crippen LogP contribution in [0.5, 0.6) is 0 Å². The van der Waals surface area contributed by atoms with Crippen molar-refractivity contribution in [2.75, 3.05) is 19.6 Å². The Bertz CT molecular complexity index is 299. The molecule has 0 spiro atoms. The summed E-state index contributed by atoms with van der Waals surface area (Å²) in [6, 6.07) is 0. The molecule has 1 aliphatic heterocycles. The zero-order valence-corrected chi connectivity index (χ0v) is 8.72. The van der Waals surface area contributed by atoms with Gasteiger partial charge in [-0.15, -0.1) is 11.3 Å². The van der Waals surface area contributed by atoms with Gasteiger partial charge in [-0.1, -0.05) is 0 Å². The molecule has 2 rings (SSSR count). The van der Waals surface area contributed by atoms with Crippen molar-refractivity contribution in [1.29, 1.82) is 0 Å². The van der Waals surface area contributed by atoms with Crippen LogP contribution in [0.2, 0.25) is 0 Å². The van der Waals surface area contributed by atoms with E-state index in [2.05, 4.69) is 10.3 Å². The average molecular weight is 211 g/mol. The Morgan fingerprint density at radius 1 is 1.64 bits per heavy atom. The smallest absolute Gasteiger partial charge is 0.236 e. The summed E-state index contributed by atoms with van der Waals surface area (Å²) < 4.78 is 0.